The van der Waals surface area contributed by atoms with E-state index in [9.17, 15) is 0 Å². The number of aryl methyl sites for hydroxylation is 1. The number of nitrogens with zero attached hydrogens (tertiary/aromatic N) is 2. The lowest BCUT2D eigenvalue weighted by molar-refractivity contribution is 0.424. The van der Waals surface area contributed by atoms with Crippen LogP contribution in [0.5, 0.6) is 0 Å². The second-order valence-electron chi connectivity index (χ2n) is 4.92. The molecule has 1 heterocycles. The van der Waals surface area contributed by atoms with Gasteiger partial charge in [-0.2, -0.15) is 4.98 Å². The van der Waals surface area contributed by atoms with E-state index in [1.165, 1.54) is 11.1 Å². The summed E-state index contributed by atoms with van der Waals surface area (Å²) in [6.45, 7) is 2.07. The van der Waals surface area contributed by atoms with Gasteiger partial charge >= 0.3 is 0 Å². The fourth-order valence-electron chi connectivity index (χ4n) is 2.11. The van der Waals surface area contributed by atoms with E-state index in [-0.39, 0.29) is 0 Å². The van der Waals surface area contributed by atoms with Crippen LogP contribution in [-0.2, 0) is 6.42 Å². The SMILES string of the molecule is Cc1cccc(Cc2noc(-c3ccc(N)c(Br)c3)n2)c1. The Morgan fingerprint density at radius 1 is 1.19 bits per heavy atom. The maximum Gasteiger partial charge on any atom is 0.257 e. The molecule has 2 N–H and O–H groups in total. The van der Waals surface area contributed by atoms with Crippen molar-refractivity contribution >= 4 is 21.6 Å². The quantitative estimate of drug-likeness (QED) is 0.730. The fourth-order valence-corrected chi connectivity index (χ4v) is 2.49. The van der Waals surface area contributed by atoms with E-state index in [4.69, 9.17) is 10.3 Å². The van der Waals surface area contributed by atoms with Crippen LogP contribution in [0.25, 0.3) is 11.5 Å². The number of aromatic nitrogens is 2. The van der Waals surface area contributed by atoms with Gasteiger partial charge in [0, 0.05) is 22.1 Å². The number of anilines is 1. The van der Waals surface area contributed by atoms with Gasteiger partial charge in [-0.25, -0.2) is 0 Å². The van der Waals surface area contributed by atoms with Crippen molar-refractivity contribution in [1.82, 2.24) is 10.1 Å². The zero-order valence-electron chi connectivity index (χ0n) is 11.5. The largest absolute Gasteiger partial charge is 0.398 e. The Balaban J connectivity index is 1.84. The lowest BCUT2D eigenvalue weighted by atomic mass is 10.1. The predicted molar refractivity (Wildman–Crippen MR) is 85.8 cm³/mol. The minimum Gasteiger partial charge on any atom is -0.398 e. The average molecular weight is 344 g/mol. The van der Waals surface area contributed by atoms with Crippen molar-refractivity contribution in [2.75, 3.05) is 5.73 Å². The molecule has 2 aromatic carbocycles. The molecule has 0 saturated carbocycles. The minimum atomic E-state index is 0.498. The van der Waals surface area contributed by atoms with Crippen molar-refractivity contribution in [2.24, 2.45) is 0 Å². The van der Waals surface area contributed by atoms with Crippen molar-refractivity contribution in [3.63, 3.8) is 0 Å². The number of nitrogen functional groups attached to an aromatic ring is 1. The second-order valence-corrected chi connectivity index (χ2v) is 5.77. The van der Waals surface area contributed by atoms with E-state index in [1.807, 2.05) is 24.3 Å². The van der Waals surface area contributed by atoms with Crippen molar-refractivity contribution in [3.05, 3.63) is 63.9 Å². The van der Waals surface area contributed by atoms with Crippen LogP contribution >= 0.6 is 15.9 Å². The van der Waals surface area contributed by atoms with Crippen LogP contribution in [0, 0.1) is 6.92 Å². The van der Waals surface area contributed by atoms with E-state index in [1.54, 1.807) is 0 Å². The molecule has 0 aliphatic rings. The van der Waals surface area contributed by atoms with Gasteiger partial charge in [0.25, 0.3) is 5.89 Å². The Hall–Kier alpha value is -2.14. The van der Waals surface area contributed by atoms with Crippen LogP contribution in [-0.4, -0.2) is 10.1 Å². The Morgan fingerprint density at radius 3 is 2.81 bits per heavy atom. The summed E-state index contributed by atoms with van der Waals surface area (Å²) >= 11 is 3.40. The lowest BCUT2D eigenvalue weighted by Gasteiger charge is -1.99. The first-order valence-corrected chi connectivity index (χ1v) is 7.34. The highest BCUT2D eigenvalue weighted by molar-refractivity contribution is 9.10. The van der Waals surface area contributed by atoms with Crippen molar-refractivity contribution in [3.8, 4) is 11.5 Å². The number of hydrogen-bond donors (Lipinski definition) is 1. The van der Waals surface area contributed by atoms with E-state index in [2.05, 4.69) is 51.2 Å². The van der Waals surface area contributed by atoms with Crippen LogP contribution < -0.4 is 5.73 Å². The molecular weight excluding hydrogens is 330 g/mol. The molecule has 0 bridgehead atoms. The van der Waals surface area contributed by atoms with Gasteiger partial charge in [-0.15, -0.1) is 0 Å². The first-order chi connectivity index (χ1) is 10.1. The topological polar surface area (TPSA) is 64.9 Å². The molecule has 0 aliphatic carbocycles. The number of hydrogen-bond acceptors (Lipinski definition) is 4. The summed E-state index contributed by atoms with van der Waals surface area (Å²) in [5.74, 6) is 1.17. The molecule has 0 aliphatic heterocycles. The lowest BCUT2D eigenvalue weighted by Crippen LogP contribution is -1.91. The molecule has 5 heteroatoms. The predicted octanol–water partition coefficient (Wildman–Crippen LogP) is 3.98. The molecule has 3 aromatic rings. The average Bonchev–Trinajstić information content (AvgIpc) is 2.90. The Kier molecular flexibility index (Phi) is 3.75. The van der Waals surface area contributed by atoms with Crippen LogP contribution in [0.1, 0.15) is 17.0 Å². The van der Waals surface area contributed by atoms with E-state index in [0.29, 0.717) is 23.8 Å². The van der Waals surface area contributed by atoms with Gasteiger partial charge in [0.05, 0.1) is 0 Å². The zero-order valence-corrected chi connectivity index (χ0v) is 13.1. The number of halogens is 1. The molecular formula is C16H14BrN3O. The summed E-state index contributed by atoms with van der Waals surface area (Å²) < 4.78 is 6.14. The second kappa shape index (κ2) is 5.69. The summed E-state index contributed by atoms with van der Waals surface area (Å²) in [5, 5.41) is 4.04. The van der Waals surface area contributed by atoms with Gasteiger partial charge in [-0.3, -0.25) is 0 Å². The zero-order chi connectivity index (χ0) is 14.8. The van der Waals surface area contributed by atoms with Crippen LogP contribution in [0.2, 0.25) is 0 Å². The highest BCUT2D eigenvalue weighted by atomic mass is 79.9. The van der Waals surface area contributed by atoms with Crippen LogP contribution in [0.3, 0.4) is 0 Å². The minimum absolute atomic E-state index is 0.498. The van der Waals surface area contributed by atoms with Crippen molar-refractivity contribution in [1.29, 1.82) is 0 Å². The van der Waals surface area contributed by atoms with Gasteiger partial charge in [0.2, 0.25) is 0 Å². The van der Waals surface area contributed by atoms with Gasteiger partial charge in [0.1, 0.15) is 0 Å². The molecule has 0 amide bonds. The number of benzene rings is 2. The first-order valence-electron chi connectivity index (χ1n) is 6.55. The van der Waals surface area contributed by atoms with Gasteiger partial charge < -0.3 is 10.3 Å². The molecule has 0 saturated heterocycles. The third kappa shape index (κ3) is 3.13. The van der Waals surface area contributed by atoms with Crippen LogP contribution in [0.4, 0.5) is 5.69 Å². The summed E-state index contributed by atoms with van der Waals surface area (Å²) in [5.41, 5.74) is 9.69. The number of rotatable bonds is 3. The normalized spacial score (nSPS) is 10.8. The summed E-state index contributed by atoms with van der Waals surface area (Å²) in [4.78, 5) is 4.44. The molecule has 106 valence electrons. The van der Waals surface area contributed by atoms with Crippen LogP contribution in [0.15, 0.2) is 51.5 Å². The smallest absolute Gasteiger partial charge is 0.257 e. The molecule has 1 aromatic heterocycles. The standard InChI is InChI=1S/C16H14BrN3O/c1-10-3-2-4-11(7-10)8-15-19-16(21-20-15)12-5-6-14(18)13(17)9-12/h2-7,9H,8,18H2,1H3. The van der Waals surface area contributed by atoms with Crippen molar-refractivity contribution < 1.29 is 4.52 Å². The third-order valence-electron chi connectivity index (χ3n) is 3.16. The summed E-state index contributed by atoms with van der Waals surface area (Å²) in [6, 6.07) is 13.8. The highest BCUT2D eigenvalue weighted by Crippen LogP contribution is 2.26. The van der Waals surface area contributed by atoms with Crippen molar-refractivity contribution in [2.45, 2.75) is 13.3 Å². The molecule has 4 nitrogen and oxygen atoms in total. The summed E-state index contributed by atoms with van der Waals surface area (Å²) in [6.07, 6.45) is 0.654. The molecule has 0 radical (unpaired) electrons. The van der Waals surface area contributed by atoms with E-state index >= 15 is 0 Å². The summed E-state index contributed by atoms with van der Waals surface area (Å²) in [7, 11) is 0. The first kappa shape index (κ1) is 13.8. The Labute approximate surface area is 131 Å². The maximum absolute atomic E-state index is 5.77. The fraction of sp³-hybridized carbons (Fsp3) is 0.125. The molecule has 0 atom stereocenters. The molecule has 0 unspecified atom stereocenters. The highest BCUT2D eigenvalue weighted by Gasteiger charge is 2.10. The van der Waals surface area contributed by atoms with E-state index < -0.39 is 0 Å². The Bertz CT molecular complexity index is 783. The van der Waals surface area contributed by atoms with E-state index in [0.717, 1.165) is 10.0 Å². The number of nitrogens with two attached hydrogens (primary N) is 1. The van der Waals surface area contributed by atoms with Gasteiger partial charge in [-0.1, -0.05) is 35.0 Å². The molecule has 21 heavy (non-hydrogen) atoms. The van der Waals surface area contributed by atoms with Gasteiger partial charge in [0.15, 0.2) is 5.82 Å². The molecule has 3 rings (SSSR count). The molecule has 0 spiro atoms. The Morgan fingerprint density at radius 2 is 2.05 bits per heavy atom. The monoisotopic (exact) mass is 343 g/mol. The molecule has 0 fully saturated rings. The van der Waals surface area contributed by atoms with Gasteiger partial charge in [-0.05, 0) is 46.6 Å². The third-order valence-corrected chi connectivity index (χ3v) is 3.85. The maximum atomic E-state index is 5.77.